The molecular formula is C16H27NO. The molecule has 0 saturated carbocycles. The van der Waals surface area contributed by atoms with Gasteiger partial charge in [0.05, 0.1) is 0 Å². The fraction of sp³-hybridized carbons (Fsp3) is 0.625. The van der Waals surface area contributed by atoms with Crippen molar-refractivity contribution in [1.29, 1.82) is 0 Å². The number of benzene rings is 1. The standard InChI is InChI=1S/C16H27NO/c1-5-7-17-16(6-8-18-4)12-15-10-13(2)9-14(3)11-15/h9-11,16-17H,5-8,12H2,1-4H3. The van der Waals surface area contributed by atoms with E-state index in [9.17, 15) is 0 Å². The molecular weight excluding hydrogens is 222 g/mol. The molecule has 0 spiro atoms. The van der Waals surface area contributed by atoms with Crippen LogP contribution in [0.25, 0.3) is 0 Å². The molecule has 1 N–H and O–H groups in total. The van der Waals surface area contributed by atoms with Crippen molar-refractivity contribution in [2.45, 2.75) is 46.1 Å². The number of ether oxygens (including phenoxy) is 1. The maximum atomic E-state index is 5.20. The van der Waals surface area contributed by atoms with Crippen molar-refractivity contribution >= 4 is 0 Å². The molecule has 102 valence electrons. The van der Waals surface area contributed by atoms with Gasteiger partial charge >= 0.3 is 0 Å². The third kappa shape index (κ3) is 5.65. The average molecular weight is 249 g/mol. The van der Waals surface area contributed by atoms with E-state index >= 15 is 0 Å². The smallest absolute Gasteiger partial charge is 0.0477 e. The molecule has 0 heterocycles. The van der Waals surface area contributed by atoms with E-state index in [0.29, 0.717) is 6.04 Å². The highest BCUT2D eigenvalue weighted by molar-refractivity contribution is 5.29. The predicted octanol–water partition coefficient (Wildman–Crippen LogP) is 3.25. The Balaban J connectivity index is 2.62. The second kappa shape index (κ2) is 8.28. The van der Waals surface area contributed by atoms with Crippen LogP contribution in [-0.2, 0) is 11.2 Å². The SMILES string of the molecule is CCCNC(CCOC)Cc1cc(C)cc(C)c1. The number of rotatable bonds is 8. The van der Waals surface area contributed by atoms with Gasteiger partial charge in [0.15, 0.2) is 0 Å². The lowest BCUT2D eigenvalue weighted by Crippen LogP contribution is -2.33. The summed E-state index contributed by atoms with van der Waals surface area (Å²) < 4.78 is 5.20. The first-order chi connectivity index (χ1) is 8.65. The van der Waals surface area contributed by atoms with Crippen LogP contribution in [0.3, 0.4) is 0 Å². The Morgan fingerprint density at radius 2 is 1.83 bits per heavy atom. The summed E-state index contributed by atoms with van der Waals surface area (Å²) >= 11 is 0. The Hall–Kier alpha value is -0.860. The number of methoxy groups -OCH3 is 1. The quantitative estimate of drug-likeness (QED) is 0.763. The molecule has 0 aromatic heterocycles. The predicted molar refractivity (Wildman–Crippen MR) is 78.2 cm³/mol. The molecule has 0 fully saturated rings. The summed E-state index contributed by atoms with van der Waals surface area (Å²) in [4.78, 5) is 0. The molecule has 1 atom stereocenters. The van der Waals surface area contributed by atoms with Gasteiger partial charge in [-0.2, -0.15) is 0 Å². The van der Waals surface area contributed by atoms with Crippen LogP contribution >= 0.6 is 0 Å². The van der Waals surface area contributed by atoms with E-state index < -0.39 is 0 Å². The van der Waals surface area contributed by atoms with Crippen molar-refractivity contribution in [3.8, 4) is 0 Å². The second-order valence-electron chi connectivity index (χ2n) is 5.13. The van der Waals surface area contributed by atoms with E-state index in [1.54, 1.807) is 7.11 Å². The van der Waals surface area contributed by atoms with Gasteiger partial charge in [-0.3, -0.25) is 0 Å². The van der Waals surface area contributed by atoms with E-state index in [0.717, 1.165) is 26.0 Å². The third-order valence-electron chi connectivity index (χ3n) is 3.12. The van der Waals surface area contributed by atoms with E-state index in [1.165, 1.54) is 23.1 Å². The Bertz CT molecular complexity index is 321. The number of nitrogens with one attached hydrogen (secondary N) is 1. The van der Waals surface area contributed by atoms with Gasteiger partial charge in [0.1, 0.15) is 0 Å². The first kappa shape index (κ1) is 15.2. The number of hydrogen-bond acceptors (Lipinski definition) is 2. The van der Waals surface area contributed by atoms with Gasteiger partial charge in [-0.1, -0.05) is 36.2 Å². The van der Waals surface area contributed by atoms with Crippen molar-refractivity contribution < 1.29 is 4.74 Å². The lowest BCUT2D eigenvalue weighted by atomic mass is 9.99. The third-order valence-corrected chi connectivity index (χ3v) is 3.12. The Kier molecular flexibility index (Phi) is 6.99. The summed E-state index contributed by atoms with van der Waals surface area (Å²) in [5.74, 6) is 0. The van der Waals surface area contributed by atoms with Crippen LogP contribution in [0.5, 0.6) is 0 Å². The van der Waals surface area contributed by atoms with Gasteiger partial charge in [-0.05, 0) is 45.2 Å². The van der Waals surface area contributed by atoms with Crippen molar-refractivity contribution in [2.75, 3.05) is 20.3 Å². The minimum Gasteiger partial charge on any atom is -0.385 e. The summed E-state index contributed by atoms with van der Waals surface area (Å²) in [6, 6.07) is 7.33. The van der Waals surface area contributed by atoms with Gasteiger partial charge < -0.3 is 10.1 Å². The number of hydrogen-bond donors (Lipinski definition) is 1. The monoisotopic (exact) mass is 249 g/mol. The van der Waals surface area contributed by atoms with Crippen molar-refractivity contribution in [2.24, 2.45) is 0 Å². The highest BCUT2D eigenvalue weighted by Crippen LogP contribution is 2.12. The lowest BCUT2D eigenvalue weighted by Gasteiger charge is -2.19. The molecule has 1 rings (SSSR count). The lowest BCUT2D eigenvalue weighted by molar-refractivity contribution is 0.182. The molecule has 0 radical (unpaired) electrons. The number of aryl methyl sites for hydroxylation is 2. The molecule has 1 unspecified atom stereocenters. The zero-order valence-electron chi connectivity index (χ0n) is 12.3. The van der Waals surface area contributed by atoms with Crippen molar-refractivity contribution in [3.63, 3.8) is 0 Å². The van der Waals surface area contributed by atoms with Crippen LogP contribution in [0.1, 0.15) is 36.5 Å². The average Bonchev–Trinajstić information content (AvgIpc) is 2.31. The Morgan fingerprint density at radius 3 is 2.39 bits per heavy atom. The zero-order chi connectivity index (χ0) is 13.4. The maximum absolute atomic E-state index is 5.20. The fourth-order valence-corrected chi connectivity index (χ4v) is 2.36. The molecule has 18 heavy (non-hydrogen) atoms. The van der Waals surface area contributed by atoms with E-state index in [4.69, 9.17) is 4.74 Å². The van der Waals surface area contributed by atoms with E-state index in [1.807, 2.05) is 0 Å². The van der Waals surface area contributed by atoms with Crippen LogP contribution in [0.15, 0.2) is 18.2 Å². The van der Waals surface area contributed by atoms with Crippen LogP contribution in [0.2, 0.25) is 0 Å². The largest absolute Gasteiger partial charge is 0.385 e. The molecule has 2 nitrogen and oxygen atoms in total. The molecule has 0 aliphatic heterocycles. The molecule has 0 bridgehead atoms. The fourth-order valence-electron chi connectivity index (χ4n) is 2.36. The summed E-state index contributed by atoms with van der Waals surface area (Å²) in [6.45, 7) is 8.45. The van der Waals surface area contributed by atoms with Gasteiger partial charge in [0, 0.05) is 19.8 Å². The van der Waals surface area contributed by atoms with Crippen LogP contribution < -0.4 is 5.32 Å². The molecule has 0 amide bonds. The molecule has 1 aromatic carbocycles. The van der Waals surface area contributed by atoms with Gasteiger partial charge in [-0.25, -0.2) is 0 Å². The second-order valence-corrected chi connectivity index (χ2v) is 5.13. The molecule has 0 saturated heterocycles. The minimum absolute atomic E-state index is 0.520. The van der Waals surface area contributed by atoms with E-state index in [2.05, 4.69) is 44.3 Å². The van der Waals surface area contributed by atoms with Crippen molar-refractivity contribution in [1.82, 2.24) is 5.32 Å². The van der Waals surface area contributed by atoms with Crippen LogP contribution in [-0.4, -0.2) is 26.3 Å². The normalized spacial score (nSPS) is 12.7. The Labute approximate surface area is 112 Å². The van der Waals surface area contributed by atoms with Crippen LogP contribution in [0, 0.1) is 13.8 Å². The van der Waals surface area contributed by atoms with Crippen LogP contribution in [0.4, 0.5) is 0 Å². The topological polar surface area (TPSA) is 21.3 Å². The van der Waals surface area contributed by atoms with Gasteiger partial charge in [0.25, 0.3) is 0 Å². The van der Waals surface area contributed by atoms with Crippen molar-refractivity contribution in [3.05, 3.63) is 34.9 Å². The Morgan fingerprint density at radius 1 is 1.17 bits per heavy atom. The molecule has 1 aromatic rings. The molecule has 0 aliphatic rings. The maximum Gasteiger partial charge on any atom is 0.0477 e. The summed E-state index contributed by atoms with van der Waals surface area (Å²) in [5, 5.41) is 3.61. The van der Waals surface area contributed by atoms with Gasteiger partial charge in [0.2, 0.25) is 0 Å². The summed E-state index contributed by atoms with van der Waals surface area (Å²) in [7, 11) is 1.77. The molecule has 2 heteroatoms. The summed E-state index contributed by atoms with van der Waals surface area (Å²) in [6.07, 6.45) is 3.34. The first-order valence-corrected chi connectivity index (χ1v) is 6.95. The minimum atomic E-state index is 0.520. The summed E-state index contributed by atoms with van der Waals surface area (Å²) in [5.41, 5.74) is 4.13. The highest BCUT2D eigenvalue weighted by atomic mass is 16.5. The highest BCUT2D eigenvalue weighted by Gasteiger charge is 2.09. The molecule has 0 aliphatic carbocycles. The zero-order valence-corrected chi connectivity index (χ0v) is 12.3. The van der Waals surface area contributed by atoms with Gasteiger partial charge in [-0.15, -0.1) is 0 Å². The first-order valence-electron chi connectivity index (χ1n) is 6.95. The van der Waals surface area contributed by atoms with E-state index in [-0.39, 0.29) is 0 Å².